The number of benzene rings is 2. The van der Waals surface area contributed by atoms with Gasteiger partial charge in [-0.1, -0.05) is 23.7 Å². The molecule has 2 N–H and O–H groups in total. The molecule has 1 fully saturated rings. The number of rotatable bonds is 2. The largest absolute Gasteiger partial charge is 0.507 e. The first kappa shape index (κ1) is 17.2. The molecule has 0 bridgehead atoms. The predicted molar refractivity (Wildman–Crippen MR) is 96.3 cm³/mol. The highest BCUT2D eigenvalue weighted by Gasteiger charge is 2.36. The Balaban J connectivity index is 2.03. The maximum Gasteiger partial charge on any atom is 0.335 e. The molecule has 1 heterocycles. The van der Waals surface area contributed by atoms with E-state index >= 15 is 0 Å². The summed E-state index contributed by atoms with van der Waals surface area (Å²) in [6.07, 6.45) is 1.34. The fourth-order valence-electron chi connectivity index (χ4n) is 2.29. The average Bonchev–Trinajstić information content (AvgIpc) is 2.54. The molecule has 0 unspecified atom stereocenters. The Morgan fingerprint density at radius 3 is 2.56 bits per heavy atom. The summed E-state index contributed by atoms with van der Waals surface area (Å²) in [4.78, 5) is 37.7. The standard InChI is InChI=1S/C17H10BrClN2O4/c18-13-7-9(4-5-14(13)22)6-12-15(23)20-17(25)21(16(12)24)11-3-1-2-10(19)8-11/h1-8,22H,(H,20,23,25)/b12-6+. The van der Waals surface area contributed by atoms with Gasteiger partial charge in [0, 0.05) is 5.02 Å². The molecule has 1 saturated heterocycles. The van der Waals surface area contributed by atoms with Gasteiger partial charge in [0.05, 0.1) is 10.2 Å². The number of barbiturate groups is 1. The van der Waals surface area contributed by atoms with Crippen LogP contribution < -0.4 is 10.2 Å². The van der Waals surface area contributed by atoms with Gasteiger partial charge in [0.15, 0.2) is 0 Å². The number of phenols is 1. The van der Waals surface area contributed by atoms with Gasteiger partial charge >= 0.3 is 6.03 Å². The van der Waals surface area contributed by atoms with Crippen LogP contribution in [0.5, 0.6) is 5.75 Å². The summed E-state index contributed by atoms with van der Waals surface area (Å²) in [7, 11) is 0. The lowest BCUT2D eigenvalue weighted by Gasteiger charge is -2.26. The number of carbonyl (C=O) groups excluding carboxylic acids is 3. The second kappa shape index (κ2) is 6.70. The lowest BCUT2D eigenvalue weighted by atomic mass is 10.1. The molecule has 126 valence electrons. The fourth-order valence-corrected chi connectivity index (χ4v) is 2.87. The van der Waals surface area contributed by atoms with Crippen LogP contribution in [-0.2, 0) is 9.59 Å². The molecule has 1 aliphatic rings. The lowest BCUT2D eigenvalue weighted by Crippen LogP contribution is -2.54. The summed E-state index contributed by atoms with van der Waals surface area (Å²) in [5.74, 6) is -1.53. The number of urea groups is 1. The van der Waals surface area contributed by atoms with Crippen LogP contribution in [0.25, 0.3) is 6.08 Å². The molecule has 0 atom stereocenters. The number of aromatic hydroxyl groups is 1. The first-order valence-corrected chi connectivity index (χ1v) is 8.19. The predicted octanol–water partition coefficient (Wildman–Crippen LogP) is 3.47. The maximum atomic E-state index is 12.7. The number of imide groups is 2. The number of phenolic OH excluding ortho intramolecular Hbond substituents is 1. The van der Waals surface area contributed by atoms with Crippen LogP contribution in [0.4, 0.5) is 10.5 Å². The van der Waals surface area contributed by atoms with Gasteiger partial charge in [-0.2, -0.15) is 0 Å². The fraction of sp³-hybridized carbons (Fsp3) is 0. The van der Waals surface area contributed by atoms with Crippen molar-refractivity contribution in [3.63, 3.8) is 0 Å². The quantitative estimate of drug-likeness (QED) is 0.574. The number of hydrogen-bond acceptors (Lipinski definition) is 4. The summed E-state index contributed by atoms with van der Waals surface area (Å²) in [6, 6.07) is 9.83. The molecule has 6 nitrogen and oxygen atoms in total. The third-order valence-electron chi connectivity index (χ3n) is 3.45. The zero-order chi connectivity index (χ0) is 18.1. The molecule has 25 heavy (non-hydrogen) atoms. The molecule has 0 aliphatic carbocycles. The number of hydrogen-bond donors (Lipinski definition) is 2. The van der Waals surface area contributed by atoms with Crippen molar-refractivity contribution in [3.8, 4) is 5.75 Å². The Bertz CT molecular complexity index is 942. The van der Waals surface area contributed by atoms with E-state index in [2.05, 4.69) is 21.2 Å². The third kappa shape index (κ3) is 3.42. The van der Waals surface area contributed by atoms with Crippen LogP contribution in [-0.4, -0.2) is 23.0 Å². The third-order valence-corrected chi connectivity index (χ3v) is 4.32. The van der Waals surface area contributed by atoms with Crippen molar-refractivity contribution in [3.05, 3.63) is 63.1 Å². The summed E-state index contributed by atoms with van der Waals surface area (Å²) in [5.41, 5.74) is 0.543. The van der Waals surface area contributed by atoms with Crippen molar-refractivity contribution >= 4 is 57.1 Å². The number of nitrogens with zero attached hydrogens (tertiary/aromatic N) is 1. The molecule has 0 saturated carbocycles. The van der Waals surface area contributed by atoms with Crippen LogP contribution in [0, 0.1) is 0 Å². The van der Waals surface area contributed by atoms with Gasteiger partial charge in [0.1, 0.15) is 11.3 Å². The van der Waals surface area contributed by atoms with E-state index < -0.39 is 17.8 Å². The van der Waals surface area contributed by atoms with Crippen molar-refractivity contribution in [2.24, 2.45) is 0 Å². The first-order chi connectivity index (χ1) is 11.9. The summed E-state index contributed by atoms with van der Waals surface area (Å²) >= 11 is 9.07. The molecule has 0 aromatic heterocycles. The first-order valence-electron chi connectivity index (χ1n) is 7.02. The molecule has 0 spiro atoms. The number of halogens is 2. The van der Waals surface area contributed by atoms with Crippen molar-refractivity contribution in [1.82, 2.24) is 5.32 Å². The van der Waals surface area contributed by atoms with Gasteiger partial charge in [-0.25, -0.2) is 9.69 Å². The van der Waals surface area contributed by atoms with E-state index in [0.29, 0.717) is 15.1 Å². The molecule has 3 rings (SSSR count). The second-order valence-electron chi connectivity index (χ2n) is 5.15. The highest BCUT2D eigenvalue weighted by atomic mass is 79.9. The van der Waals surface area contributed by atoms with Gasteiger partial charge in [-0.3, -0.25) is 14.9 Å². The minimum atomic E-state index is -0.846. The molecule has 0 radical (unpaired) electrons. The minimum absolute atomic E-state index is 0.0253. The molecular formula is C17H10BrClN2O4. The Kier molecular flexibility index (Phi) is 4.61. The zero-order valence-electron chi connectivity index (χ0n) is 12.5. The Morgan fingerprint density at radius 1 is 1.12 bits per heavy atom. The van der Waals surface area contributed by atoms with E-state index in [4.69, 9.17) is 11.6 Å². The zero-order valence-corrected chi connectivity index (χ0v) is 14.8. The van der Waals surface area contributed by atoms with Crippen LogP contribution in [0.2, 0.25) is 5.02 Å². The second-order valence-corrected chi connectivity index (χ2v) is 6.44. The molecule has 1 aliphatic heterocycles. The van der Waals surface area contributed by atoms with E-state index in [1.807, 2.05) is 0 Å². The van der Waals surface area contributed by atoms with Crippen LogP contribution in [0.15, 0.2) is 52.5 Å². The van der Waals surface area contributed by atoms with E-state index in [1.54, 1.807) is 18.2 Å². The monoisotopic (exact) mass is 420 g/mol. The molecule has 8 heteroatoms. The van der Waals surface area contributed by atoms with Crippen molar-refractivity contribution in [2.45, 2.75) is 0 Å². The summed E-state index contributed by atoms with van der Waals surface area (Å²) in [6.45, 7) is 0. The number of carbonyl (C=O) groups is 3. The smallest absolute Gasteiger partial charge is 0.335 e. The number of anilines is 1. The minimum Gasteiger partial charge on any atom is -0.507 e. The van der Waals surface area contributed by atoms with Crippen molar-refractivity contribution < 1.29 is 19.5 Å². The normalized spacial score (nSPS) is 16.3. The highest BCUT2D eigenvalue weighted by Crippen LogP contribution is 2.27. The number of amides is 4. The van der Waals surface area contributed by atoms with E-state index in [9.17, 15) is 19.5 Å². The van der Waals surface area contributed by atoms with Crippen LogP contribution in [0.1, 0.15) is 5.56 Å². The Hall–Kier alpha value is -2.64. The highest BCUT2D eigenvalue weighted by molar-refractivity contribution is 9.10. The van der Waals surface area contributed by atoms with Gasteiger partial charge in [0.25, 0.3) is 11.8 Å². The van der Waals surface area contributed by atoms with E-state index in [0.717, 1.165) is 4.90 Å². The van der Waals surface area contributed by atoms with Crippen molar-refractivity contribution in [2.75, 3.05) is 4.90 Å². The molecular weight excluding hydrogens is 412 g/mol. The summed E-state index contributed by atoms with van der Waals surface area (Å²) in [5, 5.41) is 12.0. The van der Waals surface area contributed by atoms with Crippen LogP contribution >= 0.6 is 27.5 Å². The molecule has 2 aromatic carbocycles. The van der Waals surface area contributed by atoms with Gasteiger partial charge in [0.2, 0.25) is 0 Å². The SMILES string of the molecule is O=C1NC(=O)N(c2cccc(Cl)c2)C(=O)/C1=C/c1ccc(O)c(Br)c1. The summed E-state index contributed by atoms with van der Waals surface area (Å²) < 4.78 is 0.410. The lowest BCUT2D eigenvalue weighted by molar-refractivity contribution is -0.122. The van der Waals surface area contributed by atoms with Crippen molar-refractivity contribution in [1.29, 1.82) is 0 Å². The average molecular weight is 422 g/mol. The topological polar surface area (TPSA) is 86.7 Å². The van der Waals surface area contributed by atoms with E-state index in [1.165, 1.54) is 30.3 Å². The number of nitrogens with one attached hydrogen (secondary N) is 1. The molecule has 4 amide bonds. The Labute approximate surface area is 155 Å². The maximum absolute atomic E-state index is 12.7. The van der Waals surface area contributed by atoms with Crippen LogP contribution in [0.3, 0.4) is 0 Å². The van der Waals surface area contributed by atoms with Gasteiger partial charge in [-0.05, 0) is 57.9 Å². The Morgan fingerprint density at radius 2 is 1.88 bits per heavy atom. The van der Waals surface area contributed by atoms with Gasteiger partial charge in [-0.15, -0.1) is 0 Å². The molecule has 2 aromatic rings. The van der Waals surface area contributed by atoms with Gasteiger partial charge < -0.3 is 5.11 Å². The van der Waals surface area contributed by atoms with E-state index in [-0.39, 0.29) is 17.0 Å².